The second-order valence-corrected chi connectivity index (χ2v) is 12.9. The van der Waals surface area contributed by atoms with Crippen LogP contribution in [0.5, 0.6) is 0 Å². The van der Waals surface area contributed by atoms with E-state index in [0.717, 1.165) is 24.0 Å². The number of hydrogen-bond acceptors (Lipinski definition) is 5. The molecule has 2 amide bonds. The number of nitrogens with zero attached hydrogens (tertiary/aromatic N) is 2. The van der Waals surface area contributed by atoms with Crippen LogP contribution in [0.25, 0.3) is 0 Å². The third-order valence-corrected chi connectivity index (χ3v) is 9.65. The number of carbonyl (C=O) groups excluding carboxylic acids is 2. The molecule has 43 heavy (non-hydrogen) atoms. The Morgan fingerprint density at radius 3 is 2.26 bits per heavy atom. The van der Waals surface area contributed by atoms with Crippen LogP contribution in [0.3, 0.4) is 0 Å². The second kappa shape index (κ2) is 16.0. The van der Waals surface area contributed by atoms with E-state index in [1.807, 2.05) is 49.4 Å². The lowest BCUT2D eigenvalue weighted by atomic mass is 10.0. The highest BCUT2D eigenvalue weighted by Gasteiger charge is 2.31. The number of benzene rings is 3. The predicted octanol–water partition coefficient (Wildman–Crippen LogP) is 5.37. The predicted molar refractivity (Wildman–Crippen MR) is 168 cm³/mol. The number of ether oxygens (including phenoxy) is 1. The molecule has 0 bridgehead atoms. The van der Waals surface area contributed by atoms with Crippen molar-refractivity contribution in [2.75, 3.05) is 32.8 Å². The molecule has 1 heterocycles. The summed E-state index contributed by atoms with van der Waals surface area (Å²) in [5.74, 6) is -0.455. The summed E-state index contributed by atoms with van der Waals surface area (Å²) < 4.78 is 32.7. The molecule has 10 heteroatoms. The number of hydrogen-bond donors (Lipinski definition) is 1. The summed E-state index contributed by atoms with van der Waals surface area (Å²) in [6.45, 7) is 4.82. The molecular weight excluding hydrogens is 586 g/mol. The third-order valence-electron chi connectivity index (χ3n) is 7.48. The molecular formula is C33H40ClN3O5S. The molecule has 230 valence electrons. The Morgan fingerprint density at radius 2 is 1.60 bits per heavy atom. The SMILES string of the molecule is CCOCCCNC(=O)[C@H](c1ccccc1)N(Cc1ccc(Cl)cc1)C(=O)CCc1ccc(S(=O)(=O)N2CCCC2)cc1. The highest BCUT2D eigenvalue weighted by atomic mass is 35.5. The van der Waals surface area contributed by atoms with E-state index in [0.29, 0.717) is 56.3 Å². The number of carbonyl (C=O) groups is 2. The fourth-order valence-corrected chi connectivity index (χ4v) is 6.79. The number of amides is 2. The first kappa shape index (κ1) is 32.7. The van der Waals surface area contributed by atoms with Crippen molar-refractivity contribution in [1.29, 1.82) is 0 Å². The molecule has 1 aliphatic heterocycles. The van der Waals surface area contributed by atoms with Gasteiger partial charge in [0.1, 0.15) is 6.04 Å². The van der Waals surface area contributed by atoms with Crippen LogP contribution in [-0.2, 0) is 37.3 Å². The maximum absolute atomic E-state index is 13.9. The molecule has 0 saturated carbocycles. The van der Waals surface area contributed by atoms with Crippen molar-refractivity contribution in [3.05, 3.63) is 101 Å². The summed E-state index contributed by atoms with van der Waals surface area (Å²) in [4.78, 5) is 29.4. The van der Waals surface area contributed by atoms with Crippen LogP contribution in [-0.4, -0.2) is 62.3 Å². The molecule has 8 nitrogen and oxygen atoms in total. The first-order valence-corrected chi connectivity index (χ1v) is 16.6. The van der Waals surface area contributed by atoms with Gasteiger partial charge in [-0.1, -0.05) is 66.2 Å². The fourth-order valence-electron chi connectivity index (χ4n) is 5.15. The monoisotopic (exact) mass is 625 g/mol. The number of halogens is 1. The summed E-state index contributed by atoms with van der Waals surface area (Å²) in [5, 5.41) is 3.58. The Morgan fingerprint density at radius 1 is 0.953 bits per heavy atom. The standard InChI is InChI=1S/C33H40ClN3O5S/c1-2-42-24-8-21-35-33(39)32(28-9-4-3-5-10-28)37(25-27-11-16-29(34)17-12-27)31(38)20-15-26-13-18-30(19-14-26)43(40,41)36-22-6-7-23-36/h3-5,9-14,16-19,32H,2,6-8,15,20-25H2,1H3,(H,35,39)/t32-/m0/s1. The van der Waals surface area contributed by atoms with Crippen molar-refractivity contribution >= 4 is 33.4 Å². The van der Waals surface area contributed by atoms with Crippen LogP contribution in [0.1, 0.15) is 55.3 Å². The molecule has 0 aliphatic carbocycles. The summed E-state index contributed by atoms with van der Waals surface area (Å²) in [7, 11) is -3.51. The van der Waals surface area contributed by atoms with Crippen LogP contribution >= 0.6 is 11.6 Å². The van der Waals surface area contributed by atoms with E-state index in [2.05, 4.69) is 5.32 Å². The minimum absolute atomic E-state index is 0.146. The second-order valence-electron chi connectivity index (χ2n) is 10.6. The molecule has 0 spiro atoms. The molecule has 0 unspecified atom stereocenters. The van der Waals surface area contributed by atoms with Crippen molar-refractivity contribution in [2.45, 2.75) is 56.5 Å². The topological polar surface area (TPSA) is 96.0 Å². The maximum Gasteiger partial charge on any atom is 0.247 e. The Bertz CT molecular complexity index is 1430. The van der Waals surface area contributed by atoms with Crippen molar-refractivity contribution < 1.29 is 22.7 Å². The molecule has 0 radical (unpaired) electrons. The van der Waals surface area contributed by atoms with Crippen molar-refractivity contribution in [2.24, 2.45) is 0 Å². The Kier molecular flexibility index (Phi) is 12.2. The van der Waals surface area contributed by atoms with Gasteiger partial charge in [0.2, 0.25) is 21.8 Å². The van der Waals surface area contributed by atoms with Gasteiger partial charge in [0.05, 0.1) is 4.90 Å². The van der Waals surface area contributed by atoms with Crippen molar-refractivity contribution in [1.82, 2.24) is 14.5 Å². The summed E-state index contributed by atoms with van der Waals surface area (Å²) in [6.07, 6.45) is 2.96. The van der Waals surface area contributed by atoms with Crippen molar-refractivity contribution in [3.63, 3.8) is 0 Å². The van der Waals surface area contributed by atoms with E-state index in [4.69, 9.17) is 16.3 Å². The van der Waals surface area contributed by atoms with Crippen LogP contribution in [0.4, 0.5) is 0 Å². The van der Waals surface area contributed by atoms with Crippen LogP contribution in [0.2, 0.25) is 5.02 Å². The molecule has 1 saturated heterocycles. The normalized spacial score (nSPS) is 14.4. The molecule has 1 aliphatic rings. The Labute approximate surface area is 260 Å². The van der Waals surface area contributed by atoms with E-state index in [9.17, 15) is 18.0 Å². The number of rotatable bonds is 15. The minimum Gasteiger partial charge on any atom is -0.382 e. The van der Waals surface area contributed by atoms with E-state index in [-0.39, 0.29) is 29.7 Å². The summed E-state index contributed by atoms with van der Waals surface area (Å²) >= 11 is 6.11. The Balaban J connectivity index is 1.53. The average molecular weight is 626 g/mol. The molecule has 1 fully saturated rings. The van der Waals surface area contributed by atoms with Gasteiger partial charge >= 0.3 is 0 Å². The Hall–Kier alpha value is -3.24. The van der Waals surface area contributed by atoms with E-state index in [1.54, 1.807) is 41.3 Å². The van der Waals surface area contributed by atoms with Crippen LogP contribution < -0.4 is 5.32 Å². The van der Waals surface area contributed by atoms with Gasteiger partial charge < -0.3 is 15.0 Å². The smallest absolute Gasteiger partial charge is 0.247 e. The van der Waals surface area contributed by atoms with Crippen LogP contribution in [0.15, 0.2) is 83.8 Å². The van der Waals surface area contributed by atoms with Gasteiger partial charge in [0.25, 0.3) is 0 Å². The molecule has 3 aromatic rings. The zero-order valence-electron chi connectivity index (χ0n) is 24.6. The van der Waals surface area contributed by atoms with Gasteiger partial charge in [0.15, 0.2) is 0 Å². The van der Waals surface area contributed by atoms with Gasteiger partial charge in [-0.2, -0.15) is 4.31 Å². The van der Waals surface area contributed by atoms with E-state index in [1.165, 1.54) is 4.31 Å². The lowest BCUT2D eigenvalue weighted by Crippen LogP contribution is -2.43. The zero-order chi connectivity index (χ0) is 30.7. The molecule has 0 aromatic heterocycles. The van der Waals surface area contributed by atoms with Gasteiger partial charge in [0, 0.05) is 50.8 Å². The van der Waals surface area contributed by atoms with E-state index >= 15 is 0 Å². The van der Waals surface area contributed by atoms with Crippen LogP contribution in [0, 0.1) is 0 Å². The average Bonchev–Trinajstić information content (AvgIpc) is 3.58. The summed E-state index contributed by atoms with van der Waals surface area (Å²) in [6, 6.07) is 22.4. The number of sulfonamides is 1. The fraction of sp³-hybridized carbons (Fsp3) is 0.394. The molecule has 3 aromatic carbocycles. The molecule has 1 N–H and O–H groups in total. The number of aryl methyl sites for hydroxylation is 1. The van der Waals surface area contributed by atoms with Crippen molar-refractivity contribution in [3.8, 4) is 0 Å². The lowest BCUT2D eigenvalue weighted by Gasteiger charge is -2.32. The third kappa shape index (κ3) is 9.13. The minimum atomic E-state index is -3.51. The quantitative estimate of drug-likeness (QED) is 0.229. The first-order chi connectivity index (χ1) is 20.8. The largest absolute Gasteiger partial charge is 0.382 e. The lowest BCUT2D eigenvalue weighted by molar-refractivity contribution is -0.141. The van der Waals surface area contributed by atoms with Gasteiger partial charge in [-0.05, 0) is 73.6 Å². The van der Waals surface area contributed by atoms with Gasteiger partial charge in [-0.3, -0.25) is 9.59 Å². The zero-order valence-corrected chi connectivity index (χ0v) is 26.2. The summed E-state index contributed by atoms with van der Waals surface area (Å²) in [5.41, 5.74) is 2.40. The highest BCUT2D eigenvalue weighted by molar-refractivity contribution is 7.89. The maximum atomic E-state index is 13.9. The van der Waals surface area contributed by atoms with Gasteiger partial charge in [-0.15, -0.1) is 0 Å². The molecule has 1 atom stereocenters. The highest BCUT2D eigenvalue weighted by Crippen LogP contribution is 2.26. The molecule has 4 rings (SSSR count). The first-order valence-electron chi connectivity index (χ1n) is 14.8. The van der Waals surface area contributed by atoms with E-state index < -0.39 is 16.1 Å². The number of nitrogens with one attached hydrogen (secondary N) is 1. The van der Waals surface area contributed by atoms with Gasteiger partial charge in [-0.25, -0.2) is 8.42 Å².